The van der Waals surface area contributed by atoms with Crippen LogP contribution in [0.3, 0.4) is 0 Å². The minimum atomic E-state index is -0.119. The molecule has 1 amide bonds. The molecule has 2 N–H and O–H groups in total. The Hall–Kier alpha value is -0.770. The van der Waals surface area contributed by atoms with Crippen LogP contribution < -0.4 is 10.6 Å². The molecule has 3 nitrogen and oxygen atoms in total. The minimum absolute atomic E-state index is 0.119. The van der Waals surface area contributed by atoms with Gasteiger partial charge in [0.25, 0.3) is 0 Å². The molecule has 1 fully saturated rings. The van der Waals surface area contributed by atoms with Gasteiger partial charge in [-0.05, 0) is 31.4 Å². The molecule has 0 saturated heterocycles. The van der Waals surface area contributed by atoms with Crippen LogP contribution in [0.4, 0.5) is 5.69 Å². The highest BCUT2D eigenvalue weighted by Gasteiger charge is 2.21. The summed E-state index contributed by atoms with van der Waals surface area (Å²) in [5.41, 5.74) is 1.39. The lowest BCUT2D eigenvalue weighted by Crippen LogP contribution is -2.29. The lowest BCUT2D eigenvalue weighted by atomic mass is 10.2. The third kappa shape index (κ3) is 3.35. The van der Waals surface area contributed by atoms with Gasteiger partial charge >= 0.3 is 0 Å². The summed E-state index contributed by atoms with van der Waals surface area (Å²) in [4.78, 5) is 11.7. The minimum Gasteiger partial charge on any atom is -0.322 e. The molecule has 0 atom stereocenters. The SMILES string of the molecule is Cc1ccc(Cl)c(NC(=O)CNC2CC2)c1Cl. The second-order valence-electron chi connectivity index (χ2n) is 4.26. The van der Waals surface area contributed by atoms with E-state index in [1.54, 1.807) is 6.07 Å². The van der Waals surface area contributed by atoms with Gasteiger partial charge in [0.2, 0.25) is 5.91 Å². The quantitative estimate of drug-likeness (QED) is 0.885. The first-order valence-electron chi connectivity index (χ1n) is 5.56. The Morgan fingerprint density at radius 1 is 1.41 bits per heavy atom. The van der Waals surface area contributed by atoms with Crippen molar-refractivity contribution in [3.05, 3.63) is 27.7 Å². The highest BCUT2D eigenvalue weighted by atomic mass is 35.5. The van der Waals surface area contributed by atoms with Crippen LogP contribution in [0.25, 0.3) is 0 Å². The second kappa shape index (κ2) is 5.25. The topological polar surface area (TPSA) is 41.1 Å². The molecule has 0 unspecified atom stereocenters. The Morgan fingerprint density at radius 2 is 2.12 bits per heavy atom. The zero-order chi connectivity index (χ0) is 12.4. The number of carbonyl (C=O) groups excluding carboxylic acids is 1. The third-order valence-electron chi connectivity index (χ3n) is 2.68. The van der Waals surface area contributed by atoms with Crippen molar-refractivity contribution in [3.63, 3.8) is 0 Å². The zero-order valence-corrected chi connectivity index (χ0v) is 11.0. The van der Waals surface area contributed by atoms with Gasteiger partial charge in [-0.2, -0.15) is 0 Å². The number of rotatable bonds is 4. The number of hydrogen-bond donors (Lipinski definition) is 2. The fraction of sp³-hybridized carbons (Fsp3) is 0.417. The van der Waals surface area contributed by atoms with E-state index in [2.05, 4.69) is 10.6 Å². The van der Waals surface area contributed by atoms with Gasteiger partial charge in [-0.1, -0.05) is 29.3 Å². The number of aryl methyl sites for hydroxylation is 1. The van der Waals surface area contributed by atoms with Crippen LogP contribution in [0.5, 0.6) is 0 Å². The average Bonchev–Trinajstić information content (AvgIpc) is 3.11. The van der Waals surface area contributed by atoms with E-state index in [0.29, 0.717) is 28.3 Å². The molecule has 0 bridgehead atoms. The highest BCUT2D eigenvalue weighted by molar-refractivity contribution is 6.40. The summed E-state index contributed by atoms with van der Waals surface area (Å²) in [5.74, 6) is -0.119. The Bertz CT molecular complexity index is 444. The van der Waals surface area contributed by atoms with Crippen molar-refractivity contribution < 1.29 is 4.79 Å². The number of carbonyl (C=O) groups is 1. The van der Waals surface area contributed by atoms with Crippen molar-refractivity contribution in [3.8, 4) is 0 Å². The monoisotopic (exact) mass is 272 g/mol. The molecule has 92 valence electrons. The summed E-state index contributed by atoms with van der Waals surface area (Å²) in [6.45, 7) is 2.17. The van der Waals surface area contributed by atoms with E-state index in [1.807, 2.05) is 13.0 Å². The van der Waals surface area contributed by atoms with Crippen LogP contribution in [0, 0.1) is 6.92 Å². The molecule has 0 heterocycles. The summed E-state index contributed by atoms with van der Waals surface area (Å²) in [6.07, 6.45) is 2.30. The van der Waals surface area contributed by atoms with E-state index < -0.39 is 0 Å². The summed E-state index contributed by atoms with van der Waals surface area (Å²) in [6, 6.07) is 4.05. The highest BCUT2D eigenvalue weighted by Crippen LogP contribution is 2.32. The van der Waals surface area contributed by atoms with Crippen LogP contribution in [-0.4, -0.2) is 18.5 Å². The van der Waals surface area contributed by atoms with Crippen LogP contribution in [-0.2, 0) is 4.79 Å². The Labute approximate surface area is 110 Å². The van der Waals surface area contributed by atoms with E-state index in [0.717, 1.165) is 18.4 Å². The largest absolute Gasteiger partial charge is 0.322 e. The van der Waals surface area contributed by atoms with Gasteiger partial charge in [-0.15, -0.1) is 0 Å². The molecule has 1 aliphatic carbocycles. The Balaban J connectivity index is 2.01. The van der Waals surface area contributed by atoms with Crippen molar-refractivity contribution in [1.29, 1.82) is 0 Å². The maximum absolute atomic E-state index is 11.7. The van der Waals surface area contributed by atoms with Gasteiger partial charge in [0.15, 0.2) is 0 Å². The predicted octanol–water partition coefficient (Wildman–Crippen LogP) is 2.99. The molecule has 1 aromatic carbocycles. The van der Waals surface area contributed by atoms with Crippen molar-refractivity contribution >= 4 is 34.8 Å². The first-order valence-corrected chi connectivity index (χ1v) is 6.31. The summed E-state index contributed by atoms with van der Waals surface area (Å²) < 4.78 is 0. The zero-order valence-electron chi connectivity index (χ0n) is 9.52. The summed E-state index contributed by atoms with van der Waals surface area (Å²) in [5, 5.41) is 6.83. The average molecular weight is 273 g/mol. The van der Waals surface area contributed by atoms with E-state index in [-0.39, 0.29) is 5.91 Å². The van der Waals surface area contributed by atoms with Crippen LogP contribution in [0.1, 0.15) is 18.4 Å². The lowest BCUT2D eigenvalue weighted by Gasteiger charge is -2.11. The van der Waals surface area contributed by atoms with E-state index in [9.17, 15) is 4.79 Å². The number of amides is 1. The fourth-order valence-electron chi connectivity index (χ4n) is 1.48. The number of hydrogen-bond acceptors (Lipinski definition) is 2. The molecule has 0 aromatic heterocycles. The number of anilines is 1. The fourth-order valence-corrected chi connectivity index (χ4v) is 1.94. The molecule has 5 heteroatoms. The third-order valence-corrected chi connectivity index (χ3v) is 3.48. The maximum Gasteiger partial charge on any atom is 0.238 e. The number of nitrogens with one attached hydrogen (secondary N) is 2. The second-order valence-corrected chi connectivity index (χ2v) is 5.04. The number of benzene rings is 1. The lowest BCUT2D eigenvalue weighted by molar-refractivity contribution is -0.115. The van der Waals surface area contributed by atoms with Gasteiger partial charge < -0.3 is 10.6 Å². The maximum atomic E-state index is 11.7. The van der Waals surface area contributed by atoms with Crippen LogP contribution in [0.15, 0.2) is 12.1 Å². The van der Waals surface area contributed by atoms with Crippen LogP contribution >= 0.6 is 23.2 Å². The Morgan fingerprint density at radius 3 is 2.76 bits per heavy atom. The van der Waals surface area contributed by atoms with Gasteiger partial charge in [-0.25, -0.2) is 0 Å². The Kier molecular flexibility index (Phi) is 3.92. The summed E-state index contributed by atoms with van der Waals surface area (Å²) in [7, 11) is 0. The van der Waals surface area contributed by atoms with Gasteiger partial charge in [0.05, 0.1) is 22.3 Å². The normalized spacial score (nSPS) is 14.8. The molecule has 17 heavy (non-hydrogen) atoms. The molecule has 0 spiro atoms. The molecule has 0 aliphatic heterocycles. The van der Waals surface area contributed by atoms with Gasteiger partial charge in [0, 0.05) is 6.04 Å². The van der Waals surface area contributed by atoms with E-state index >= 15 is 0 Å². The molecule has 0 radical (unpaired) electrons. The first kappa shape index (κ1) is 12.7. The molecular weight excluding hydrogens is 259 g/mol. The predicted molar refractivity (Wildman–Crippen MR) is 70.9 cm³/mol. The van der Waals surface area contributed by atoms with Crippen molar-refractivity contribution in [1.82, 2.24) is 5.32 Å². The smallest absolute Gasteiger partial charge is 0.238 e. The number of halogens is 2. The standard InChI is InChI=1S/C12H14Cl2N2O/c1-7-2-5-9(13)12(11(7)14)16-10(17)6-15-8-3-4-8/h2,5,8,15H,3-4,6H2,1H3,(H,16,17). The molecular formula is C12H14Cl2N2O. The van der Waals surface area contributed by atoms with Gasteiger partial charge in [-0.3, -0.25) is 4.79 Å². The van der Waals surface area contributed by atoms with Crippen LogP contribution in [0.2, 0.25) is 10.0 Å². The van der Waals surface area contributed by atoms with E-state index in [1.165, 1.54) is 0 Å². The summed E-state index contributed by atoms with van der Waals surface area (Å²) >= 11 is 12.1. The molecule has 1 saturated carbocycles. The van der Waals surface area contributed by atoms with Crippen molar-refractivity contribution in [2.24, 2.45) is 0 Å². The molecule has 1 aromatic rings. The van der Waals surface area contributed by atoms with Crippen molar-refractivity contribution in [2.45, 2.75) is 25.8 Å². The molecule has 1 aliphatic rings. The van der Waals surface area contributed by atoms with Crippen molar-refractivity contribution in [2.75, 3.05) is 11.9 Å². The first-order chi connectivity index (χ1) is 8.08. The molecule has 2 rings (SSSR count). The van der Waals surface area contributed by atoms with Gasteiger partial charge in [0.1, 0.15) is 0 Å². The van der Waals surface area contributed by atoms with E-state index in [4.69, 9.17) is 23.2 Å².